The molecule has 0 unspecified atom stereocenters. The molecule has 1 rings (SSSR count). The minimum absolute atomic E-state index is 0.309. The Hall–Kier alpha value is 0.380. The van der Waals surface area contributed by atoms with Gasteiger partial charge in [0.1, 0.15) is 9.17 Å². The first-order valence-corrected chi connectivity index (χ1v) is 5.37. The van der Waals surface area contributed by atoms with Gasteiger partial charge in [-0.05, 0) is 5.56 Å². The Morgan fingerprint density at radius 3 is 2.08 bits per heavy atom. The molecule has 1 aromatic carbocycles. The molecule has 0 aromatic heterocycles. The van der Waals surface area contributed by atoms with E-state index in [-0.39, 0.29) is 0 Å². The van der Waals surface area contributed by atoms with Gasteiger partial charge < -0.3 is 0 Å². The highest BCUT2D eigenvalue weighted by molar-refractivity contribution is 6.50. The Labute approximate surface area is 97.7 Å². The zero-order valence-corrected chi connectivity index (χ0v) is 9.71. The lowest BCUT2D eigenvalue weighted by Crippen LogP contribution is -2.13. The predicted octanol–water partition coefficient (Wildman–Crippen LogP) is 4.51. The van der Waals surface area contributed by atoms with Gasteiger partial charge in [0.2, 0.25) is 0 Å². The fraction of sp³-hybridized carbons (Fsp3) is 0.333. The van der Waals surface area contributed by atoms with E-state index in [1.807, 2.05) is 30.3 Å². The highest BCUT2D eigenvalue weighted by atomic mass is 35.5. The van der Waals surface area contributed by atoms with Gasteiger partial charge in [-0.15, -0.1) is 23.2 Å². The predicted molar refractivity (Wildman–Crippen MR) is 59.9 cm³/mol. The third-order valence-electron chi connectivity index (χ3n) is 1.61. The lowest BCUT2D eigenvalue weighted by atomic mass is 10.1. The van der Waals surface area contributed by atoms with Crippen molar-refractivity contribution < 1.29 is 0 Å². The Balaban J connectivity index is 2.81. The van der Waals surface area contributed by atoms with Gasteiger partial charge in [-0.3, -0.25) is 0 Å². The Bertz CT molecular complexity index is 256. The molecule has 13 heavy (non-hydrogen) atoms. The zero-order chi connectivity index (χ0) is 9.90. The van der Waals surface area contributed by atoms with E-state index >= 15 is 0 Å². The summed E-state index contributed by atoms with van der Waals surface area (Å²) in [4.78, 5) is -0.560. The van der Waals surface area contributed by atoms with E-state index in [2.05, 4.69) is 0 Å². The van der Waals surface area contributed by atoms with Crippen molar-refractivity contribution in [1.29, 1.82) is 0 Å². The average molecular weight is 258 g/mol. The molecule has 0 heterocycles. The molecule has 0 atom stereocenters. The molecule has 0 aliphatic carbocycles. The summed E-state index contributed by atoms with van der Waals surface area (Å²) in [5.74, 6) is 0. The largest absolute Gasteiger partial charge is 0.145 e. The van der Waals surface area contributed by atoms with E-state index in [9.17, 15) is 0 Å². The number of hydrogen-bond acceptors (Lipinski definition) is 0. The van der Waals surface area contributed by atoms with Crippen LogP contribution in [0.3, 0.4) is 0 Å². The molecule has 0 radical (unpaired) electrons. The Kier molecular flexibility index (Phi) is 4.18. The minimum Gasteiger partial charge on any atom is -0.105 e. The quantitative estimate of drug-likeness (QED) is 0.699. The monoisotopic (exact) mass is 256 g/mol. The summed E-state index contributed by atoms with van der Waals surface area (Å²) in [7, 11) is 0. The van der Waals surface area contributed by atoms with Crippen LogP contribution in [0.25, 0.3) is 0 Å². The van der Waals surface area contributed by atoms with Gasteiger partial charge in [0.15, 0.2) is 0 Å². The molecule has 0 amide bonds. The summed E-state index contributed by atoms with van der Waals surface area (Å²) < 4.78 is -1.00. The molecule has 0 aliphatic heterocycles. The van der Waals surface area contributed by atoms with Crippen LogP contribution in [-0.2, 0) is 4.33 Å². The standard InChI is InChI=1S/C9H8Cl4/c10-8(11)6-9(12,13)7-4-2-1-3-5-7/h1-5,8H,6H2. The van der Waals surface area contributed by atoms with Gasteiger partial charge in [-0.2, -0.15) is 0 Å². The lowest BCUT2D eigenvalue weighted by Gasteiger charge is -2.20. The molecule has 0 bridgehead atoms. The SMILES string of the molecule is ClC(Cl)CC(Cl)(Cl)c1ccccc1. The summed E-state index contributed by atoms with van der Waals surface area (Å²) >= 11 is 23.3. The summed E-state index contributed by atoms with van der Waals surface area (Å²) in [6.07, 6.45) is 0.309. The van der Waals surface area contributed by atoms with Crippen LogP contribution < -0.4 is 0 Å². The molecule has 72 valence electrons. The number of alkyl halides is 4. The van der Waals surface area contributed by atoms with Crippen molar-refractivity contribution in [3.8, 4) is 0 Å². The maximum absolute atomic E-state index is 6.05. The number of rotatable bonds is 3. The molecule has 0 aliphatic rings. The third-order valence-corrected chi connectivity index (χ3v) is 2.66. The van der Waals surface area contributed by atoms with Gasteiger partial charge in [-0.1, -0.05) is 53.5 Å². The van der Waals surface area contributed by atoms with E-state index < -0.39 is 9.17 Å². The molecule has 0 fully saturated rings. The van der Waals surface area contributed by atoms with E-state index in [1.165, 1.54) is 0 Å². The van der Waals surface area contributed by atoms with Crippen LogP contribution in [-0.4, -0.2) is 4.84 Å². The van der Waals surface area contributed by atoms with Gasteiger partial charge in [0.05, 0.1) is 0 Å². The first-order valence-electron chi connectivity index (χ1n) is 3.74. The molecule has 0 saturated carbocycles. The second-order valence-electron chi connectivity index (χ2n) is 2.67. The first-order chi connectivity index (χ1) is 6.02. The average Bonchev–Trinajstić information content (AvgIpc) is 2.04. The Morgan fingerprint density at radius 1 is 1.08 bits per heavy atom. The fourth-order valence-corrected chi connectivity index (χ4v) is 2.33. The maximum atomic E-state index is 6.05. The zero-order valence-electron chi connectivity index (χ0n) is 6.68. The third kappa shape index (κ3) is 3.55. The van der Waals surface area contributed by atoms with Crippen molar-refractivity contribution in [2.45, 2.75) is 15.6 Å². The minimum atomic E-state index is -1.00. The highest BCUT2D eigenvalue weighted by Crippen LogP contribution is 2.39. The van der Waals surface area contributed by atoms with E-state index in [0.29, 0.717) is 6.42 Å². The Morgan fingerprint density at radius 2 is 1.62 bits per heavy atom. The number of halogens is 4. The summed E-state index contributed by atoms with van der Waals surface area (Å²) in [5, 5.41) is 0. The van der Waals surface area contributed by atoms with Crippen LogP contribution >= 0.6 is 46.4 Å². The normalized spacial score (nSPS) is 12.1. The topological polar surface area (TPSA) is 0 Å². The van der Waals surface area contributed by atoms with Crippen LogP contribution in [0.5, 0.6) is 0 Å². The second kappa shape index (κ2) is 4.75. The van der Waals surface area contributed by atoms with Gasteiger partial charge in [-0.25, -0.2) is 0 Å². The van der Waals surface area contributed by atoms with Crippen molar-refractivity contribution in [2.75, 3.05) is 0 Å². The van der Waals surface area contributed by atoms with E-state index in [4.69, 9.17) is 46.4 Å². The highest BCUT2D eigenvalue weighted by Gasteiger charge is 2.28. The van der Waals surface area contributed by atoms with E-state index in [1.54, 1.807) is 0 Å². The fourth-order valence-electron chi connectivity index (χ4n) is 0.994. The van der Waals surface area contributed by atoms with Crippen molar-refractivity contribution >= 4 is 46.4 Å². The smallest absolute Gasteiger partial charge is 0.105 e. The van der Waals surface area contributed by atoms with Gasteiger partial charge in [0, 0.05) is 6.42 Å². The number of benzene rings is 1. The molecule has 0 nitrogen and oxygen atoms in total. The van der Waals surface area contributed by atoms with Crippen LogP contribution in [0.4, 0.5) is 0 Å². The lowest BCUT2D eigenvalue weighted by molar-refractivity contribution is 0.784. The van der Waals surface area contributed by atoms with Crippen LogP contribution in [0.1, 0.15) is 12.0 Å². The first kappa shape index (κ1) is 11.5. The summed E-state index contributed by atoms with van der Waals surface area (Å²) in [6.45, 7) is 0. The van der Waals surface area contributed by atoms with Crippen molar-refractivity contribution in [1.82, 2.24) is 0 Å². The van der Waals surface area contributed by atoms with E-state index in [0.717, 1.165) is 5.56 Å². The second-order valence-corrected chi connectivity index (χ2v) is 5.43. The van der Waals surface area contributed by atoms with Crippen LogP contribution in [0.15, 0.2) is 30.3 Å². The summed E-state index contributed by atoms with van der Waals surface area (Å²) in [6, 6.07) is 9.32. The molecule has 1 aromatic rings. The summed E-state index contributed by atoms with van der Waals surface area (Å²) in [5.41, 5.74) is 0.810. The number of hydrogen-bond donors (Lipinski definition) is 0. The molecule has 0 spiro atoms. The molecule has 0 saturated heterocycles. The van der Waals surface area contributed by atoms with Crippen LogP contribution in [0.2, 0.25) is 0 Å². The molecule has 0 N–H and O–H groups in total. The van der Waals surface area contributed by atoms with Gasteiger partial charge >= 0.3 is 0 Å². The molecular weight excluding hydrogens is 250 g/mol. The van der Waals surface area contributed by atoms with Crippen molar-refractivity contribution in [2.24, 2.45) is 0 Å². The van der Waals surface area contributed by atoms with Crippen LogP contribution in [0, 0.1) is 0 Å². The van der Waals surface area contributed by atoms with Gasteiger partial charge in [0.25, 0.3) is 0 Å². The maximum Gasteiger partial charge on any atom is 0.145 e. The molecular formula is C9H8Cl4. The molecule has 4 heteroatoms. The van der Waals surface area contributed by atoms with Crippen molar-refractivity contribution in [3.63, 3.8) is 0 Å². The van der Waals surface area contributed by atoms with Crippen molar-refractivity contribution in [3.05, 3.63) is 35.9 Å².